The van der Waals surface area contributed by atoms with Gasteiger partial charge in [-0.05, 0) is 37.8 Å². The van der Waals surface area contributed by atoms with Crippen LogP contribution in [0.15, 0.2) is 22.6 Å². The molecule has 0 aliphatic carbocycles. The van der Waals surface area contributed by atoms with Crippen molar-refractivity contribution >= 4 is 17.1 Å². The lowest BCUT2D eigenvalue weighted by molar-refractivity contribution is -0.0248. The number of likely N-dealkylation sites (tertiary alicyclic amines) is 1. The van der Waals surface area contributed by atoms with Crippen molar-refractivity contribution in [2.75, 3.05) is 19.7 Å². The van der Waals surface area contributed by atoms with E-state index in [1.165, 1.54) is 0 Å². The van der Waals surface area contributed by atoms with E-state index in [9.17, 15) is 15.0 Å². The third-order valence-electron chi connectivity index (χ3n) is 4.55. The smallest absolute Gasteiger partial charge is 0.317 e. The van der Waals surface area contributed by atoms with Gasteiger partial charge in [-0.1, -0.05) is 12.1 Å². The lowest BCUT2D eigenvalue weighted by Gasteiger charge is -2.24. The predicted octanol–water partition coefficient (Wildman–Crippen LogP) is 1.56. The maximum atomic E-state index is 12.3. The maximum absolute atomic E-state index is 12.3. The summed E-state index contributed by atoms with van der Waals surface area (Å²) in [5.41, 5.74) is 1.48. The van der Waals surface area contributed by atoms with Crippen LogP contribution in [-0.2, 0) is 6.54 Å². The summed E-state index contributed by atoms with van der Waals surface area (Å²) in [5.74, 6) is 0.467. The van der Waals surface area contributed by atoms with Crippen molar-refractivity contribution in [1.29, 1.82) is 0 Å². The lowest BCUT2D eigenvalue weighted by atomic mass is 9.96. The van der Waals surface area contributed by atoms with Crippen molar-refractivity contribution in [3.63, 3.8) is 0 Å². The minimum atomic E-state index is -1.08. The van der Waals surface area contributed by atoms with Gasteiger partial charge in [-0.2, -0.15) is 0 Å². The zero-order valence-corrected chi connectivity index (χ0v) is 13.8. The topological polar surface area (TPSA) is 98.8 Å². The number of fused-ring (bicyclic) bond motifs is 1. The van der Waals surface area contributed by atoms with Gasteiger partial charge >= 0.3 is 6.03 Å². The highest BCUT2D eigenvalue weighted by Crippen LogP contribution is 2.22. The first-order valence-corrected chi connectivity index (χ1v) is 8.22. The second-order valence-electron chi connectivity index (χ2n) is 6.41. The average molecular weight is 333 g/mol. The van der Waals surface area contributed by atoms with Gasteiger partial charge in [-0.15, -0.1) is 0 Å². The van der Waals surface area contributed by atoms with E-state index in [0.717, 1.165) is 11.1 Å². The summed E-state index contributed by atoms with van der Waals surface area (Å²) in [6, 6.07) is 5.51. The molecule has 1 aromatic heterocycles. The molecule has 1 aromatic carbocycles. The Morgan fingerprint density at radius 2 is 2.25 bits per heavy atom. The van der Waals surface area contributed by atoms with Gasteiger partial charge in [0, 0.05) is 13.1 Å². The fourth-order valence-corrected chi connectivity index (χ4v) is 3.01. The van der Waals surface area contributed by atoms with Crippen LogP contribution >= 0.6 is 0 Å². The molecule has 2 heterocycles. The standard InChI is InChI=1S/C17H23N3O4/c1-12-4-2-5-13-15(12)19-14(24-13)10-18-16(22)20-8-3-6-17(23,11-21)7-9-20/h2,4-5,21,23H,3,6-11H2,1H3,(H,18,22)/t17-/m0/s1. The van der Waals surface area contributed by atoms with Gasteiger partial charge in [0.05, 0.1) is 18.8 Å². The molecule has 7 nitrogen and oxygen atoms in total. The molecule has 0 bridgehead atoms. The number of amides is 2. The van der Waals surface area contributed by atoms with E-state index in [0.29, 0.717) is 43.8 Å². The molecular weight excluding hydrogens is 310 g/mol. The molecule has 0 radical (unpaired) electrons. The van der Waals surface area contributed by atoms with Crippen LogP contribution in [0, 0.1) is 6.92 Å². The molecule has 1 atom stereocenters. The number of nitrogens with zero attached hydrogens (tertiary/aromatic N) is 2. The SMILES string of the molecule is Cc1cccc2oc(CNC(=O)N3CCC[C@@](O)(CO)CC3)nc12. The third-order valence-corrected chi connectivity index (χ3v) is 4.55. The number of nitrogens with one attached hydrogen (secondary N) is 1. The molecule has 0 unspecified atom stereocenters. The first kappa shape index (κ1) is 16.7. The Balaban J connectivity index is 1.59. The zero-order chi connectivity index (χ0) is 17.2. The van der Waals surface area contributed by atoms with Gasteiger partial charge in [-0.25, -0.2) is 9.78 Å². The molecule has 24 heavy (non-hydrogen) atoms. The second kappa shape index (κ2) is 6.78. The van der Waals surface area contributed by atoms with Gasteiger partial charge in [0.25, 0.3) is 0 Å². The molecule has 130 valence electrons. The highest BCUT2D eigenvalue weighted by atomic mass is 16.3. The third kappa shape index (κ3) is 3.52. The predicted molar refractivity (Wildman–Crippen MR) is 88.4 cm³/mol. The number of hydrogen-bond donors (Lipinski definition) is 3. The Kier molecular flexibility index (Phi) is 4.73. The number of rotatable bonds is 3. The van der Waals surface area contributed by atoms with Crippen LogP contribution in [0.1, 0.15) is 30.7 Å². The number of carbonyl (C=O) groups excluding carboxylic acids is 1. The number of benzene rings is 1. The molecule has 3 N–H and O–H groups in total. The number of hydrogen-bond acceptors (Lipinski definition) is 5. The maximum Gasteiger partial charge on any atom is 0.317 e. The van der Waals surface area contributed by atoms with Gasteiger partial charge in [0.1, 0.15) is 5.52 Å². The summed E-state index contributed by atoms with van der Waals surface area (Å²) >= 11 is 0. The molecule has 1 aliphatic rings. The molecule has 2 aromatic rings. The van der Waals surface area contributed by atoms with Crippen LogP contribution in [0.5, 0.6) is 0 Å². The fraction of sp³-hybridized carbons (Fsp3) is 0.529. The van der Waals surface area contributed by atoms with Crippen LogP contribution in [0.2, 0.25) is 0 Å². The van der Waals surface area contributed by atoms with E-state index in [-0.39, 0.29) is 19.2 Å². The number of aryl methyl sites for hydroxylation is 1. The summed E-state index contributed by atoms with van der Waals surface area (Å²) in [6.45, 7) is 2.88. The molecule has 1 fully saturated rings. The van der Waals surface area contributed by atoms with Crippen molar-refractivity contribution < 1.29 is 19.4 Å². The van der Waals surface area contributed by atoms with Gasteiger partial charge < -0.3 is 24.8 Å². The van der Waals surface area contributed by atoms with Gasteiger partial charge in [0.15, 0.2) is 5.58 Å². The van der Waals surface area contributed by atoms with Crippen LogP contribution < -0.4 is 5.32 Å². The largest absolute Gasteiger partial charge is 0.439 e. The number of aliphatic hydroxyl groups is 2. The summed E-state index contributed by atoms with van der Waals surface area (Å²) in [4.78, 5) is 18.4. The van der Waals surface area contributed by atoms with Gasteiger partial charge in [-0.3, -0.25) is 0 Å². The summed E-state index contributed by atoms with van der Waals surface area (Å²) in [6.07, 6.45) is 1.53. The molecule has 1 aliphatic heterocycles. The Labute approximate surface area is 140 Å². The quantitative estimate of drug-likeness (QED) is 0.791. The number of aromatic nitrogens is 1. The monoisotopic (exact) mass is 333 g/mol. The molecule has 0 saturated carbocycles. The van der Waals surface area contributed by atoms with Crippen molar-refractivity contribution in [3.8, 4) is 0 Å². The first-order valence-electron chi connectivity index (χ1n) is 8.22. The van der Waals surface area contributed by atoms with Crippen molar-refractivity contribution in [1.82, 2.24) is 15.2 Å². The summed E-state index contributed by atoms with van der Waals surface area (Å²) < 4.78 is 5.64. The Morgan fingerprint density at radius 3 is 3.00 bits per heavy atom. The number of urea groups is 1. The van der Waals surface area contributed by atoms with Crippen LogP contribution in [0.4, 0.5) is 4.79 Å². The average Bonchev–Trinajstić information content (AvgIpc) is 2.90. The zero-order valence-electron chi connectivity index (χ0n) is 13.8. The van der Waals surface area contributed by atoms with E-state index in [1.54, 1.807) is 4.90 Å². The van der Waals surface area contributed by atoms with E-state index in [1.807, 2.05) is 25.1 Å². The van der Waals surface area contributed by atoms with E-state index in [4.69, 9.17) is 4.42 Å². The Morgan fingerprint density at radius 1 is 1.42 bits per heavy atom. The fourth-order valence-electron chi connectivity index (χ4n) is 3.01. The first-order chi connectivity index (χ1) is 11.5. The Hall–Kier alpha value is -2.12. The summed E-state index contributed by atoms with van der Waals surface area (Å²) in [7, 11) is 0. The lowest BCUT2D eigenvalue weighted by Crippen LogP contribution is -2.41. The number of oxazole rings is 1. The molecular formula is C17H23N3O4. The van der Waals surface area contributed by atoms with Crippen LogP contribution in [0.3, 0.4) is 0 Å². The molecule has 0 spiro atoms. The van der Waals surface area contributed by atoms with Crippen molar-refractivity contribution in [2.45, 2.75) is 38.3 Å². The normalized spacial score (nSPS) is 21.7. The Bertz CT molecular complexity index is 730. The van der Waals surface area contributed by atoms with E-state index < -0.39 is 5.60 Å². The van der Waals surface area contributed by atoms with Crippen molar-refractivity contribution in [3.05, 3.63) is 29.7 Å². The minimum absolute atomic E-state index is 0.212. The molecule has 2 amide bonds. The van der Waals surface area contributed by atoms with Gasteiger partial charge in [0.2, 0.25) is 5.89 Å². The highest BCUT2D eigenvalue weighted by molar-refractivity contribution is 5.76. The van der Waals surface area contributed by atoms with E-state index in [2.05, 4.69) is 10.3 Å². The highest BCUT2D eigenvalue weighted by Gasteiger charge is 2.30. The minimum Gasteiger partial charge on any atom is -0.439 e. The number of carbonyl (C=O) groups is 1. The molecule has 3 rings (SSSR count). The van der Waals surface area contributed by atoms with Crippen molar-refractivity contribution in [2.24, 2.45) is 0 Å². The van der Waals surface area contributed by atoms with E-state index >= 15 is 0 Å². The van der Waals surface area contributed by atoms with Crippen LogP contribution in [-0.4, -0.2) is 51.4 Å². The molecule has 7 heteroatoms. The molecule has 1 saturated heterocycles. The second-order valence-corrected chi connectivity index (χ2v) is 6.41. The number of para-hydroxylation sites is 1. The number of aliphatic hydroxyl groups excluding tert-OH is 1. The van der Waals surface area contributed by atoms with Crippen LogP contribution in [0.25, 0.3) is 11.1 Å². The summed E-state index contributed by atoms with van der Waals surface area (Å²) in [5, 5.41) is 22.2.